The summed E-state index contributed by atoms with van der Waals surface area (Å²) in [7, 11) is 0. The standard InChI is InChI=1S/C13H17BrFN3O/c1-9(18-6-4-16-5-7-18)13(19)17-10-2-3-12(15)11(14)8-10/h2-3,8-9,16H,4-7H2,1H3,(H,17,19). The number of halogens is 2. The van der Waals surface area contributed by atoms with Gasteiger partial charge in [0, 0.05) is 31.9 Å². The molecule has 1 aliphatic heterocycles. The molecule has 1 unspecified atom stereocenters. The number of benzene rings is 1. The van der Waals surface area contributed by atoms with Crippen LogP contribution in [0.3, 0.4) is 0 Å². The second-order valence-corrected chi connectivity index (χ2v) is 5.43. The van der Waals surface area contributed by atoms with Crippen LogP contribution in [0.5, 0.6) is 0 Å². The lowest BCUT2D eigenvalue weighted by Gasteiger charge is -2.31. The van der Waals surface area contributed by atoms with Crippen LogP contribution in [-0.4, -0.2) is 43.0 Å². The number of hydrogen-bond donors (Lipinski definition) is 2. The third kappa shape index (κ3) is 3.75. The molecular formula is C13H17BrFN3O. The highest BCUT2D eigenvalue weighted by Gasteiger charge is 2.22. The van der Waals surface area contributed by atoms with Crippen molar-refractivity contribution >= 4 is 27.5 Å². The molecule has 1 heterocycles. The second-order valence-electron chi connectivity index (χ2n) is 4.58. The van der Waals surface area contributed by atoms with Crippen LogP contribution in [0.15, 0.2) is 22.7 Å². The molecule has 6 heteroatoms. The lowest BCUT2D eigenvalue weighted by Crippen LogP contribution is -2.51. The maximum Gasteiger partial charge on any atom is 0.241 e. The van der Waals surface area contributed by atoms with Crippen molar-refractivity contribution in [2.24, 2.45) is 0 Å². The molecule has 2 N–H and O–H groups in total. The molecule has 1 aromatic carbocycles. The van der Waals surface area contributed by atoms with E-state index in [1.54, 1.807) is 12.1 Å². The van der Waals surface area contributed by atoms with Gasteiger partial charge in [-0.05, 0) is 41.1 Å². The summed E-state index contributed by atoms with van der Waals surface area (Å²) in [5, 5.41) is 6.06. The van der Waals surface area contributed by atoms with E-state index < -0.39 is 0 Å². The van der Waals surface area contributed by atoms with Gasteiger partial charge in [0.15, 0.2) is 0 Å². The van der Waals surface area contributed by atoms with Gasteiger partial charge in [-0.3, -0.25) is 9.69 Å². The SMILES string of the molecule is CC(C(=O)Nc1ccc(F)c(Br)c1)N1CCNCC1. The number of nitrogens with zero attached hydrogens (tertiary/aromatic N) is 1. The highest BCUT2D eigenvalue weighted by molar-refractivity contribution is 9.10. The molecule has 1 aliphatic rings. The van der Waals surface area contributed by atoms with Gasteiger partial charge in [0.1, 0.15) is 5.82 Å². The van der Waals surface area contributed by atoms with Crippen LogP contribution in [0.1, 0.15) is 6.92 Å². The van der Waals surface area contributed by atoms with Crippen LogP contribution < -0.4 is 10.6 Å². The van der Waals surface area contributed by atoms with E-state index in [9.17, 15) is 9.18 Å². The summed E-state index contributed by atoms with van der Waals surface area (Å²) in [6.45, 7) is 5.42. The van der Waals surface area contributed by atoms with Crippen molar-refractivity contribution in [3.63, 3.8) is 0 Å². The van der Waals surface area contributed by atoms with E-state index in [4.69, 9.17) is 0 Å². The highest BCUT2D eigenvalue weighted by atomic mass is 79.9. The predicted molar refractivity (Wildman–Crippen MR) is 76.6 cm³/mol. The van der Waals surface area contributed by atoms with Gasteiger partial charge in [0.05, 0.1) is 10.5 Å². The average Bonchev–Trinajstić information content (AvgIpc) is 2.43. The topological polar surface area (TPSA) is 44.4 Å². The molecule has 0 aliphatic carbocycles. The molecule has 1 amide bonds. The van der Waals surface area contributed by atoms with E-state index in [2.05, 4.69) is 31.5 Å². The highest BCUT2D eigenvalue weighted by Crippen LogP contribution is 2.20. The van der Waals surface area contributed by atoms with Crippen molar-refractivity contribution in [1.82, 2.24) is 10.2 Å². The summed E-state index contributed by atoms with van der Waals surface area (Å²) in [6.07, 6.45) is 0. The molecule has 0 spiro atoms. The molecular weight excluding hydrogens is 313 g/mol. The maximum atomic E-state index is 13.1. The first-order chi connectivity index (χ1) is 9.08. The Morgan fingerprint density at radius 3 is 2.79 bits per heavy atom. The Bertz CT molecular complexity index is 463. The van der Waals surface area contributed by atoms with Crippen LogP contribution in [0.25, 0.3) is 0 Å². The maximum absolute atomic E-state index is 13.1. The van der Waals surface area contributed by atoms with Crippen molar-refractivity contribution in [2.75, 3.05) is 31.5 Å². The summed E-state index contributed by atoms with van der Waals surface area (Å²) >= 11 is 3.10. The van der Waals surface area contributed by atoms with E-state index in [0.29, 0.717) is 10.2 Å². The predicted octanol–water partition coefficient (Wildman–Crippen LogP) is 1.82. The number of piperazine rings is 1. The largest absolute Gasteiger partial charge is 0.325 e. The fraction of sp³-hybridized carbons (Fsp3) is 0.462. The number of rotatable bonds is 3. The smallest absolute Gasteiger partial charge is 0.241 e. The molecule has 1 fully saturated rings. The number of hydrogen-bond acceptors (Lipinski definition) is 3. The monoisotopic (exact) mass is 329 g/mol. The first-order valence-corrected chi connectivity index (χ1v) is 7.08. The van der Waals surface area contributed by atoms with E-state index in [0.717, 1.165) is 26.2 Å². The molecule has 104 valence electrons. The second kappa shape index (κ2) is 6.45. The van der Waals surface area contributed by atoms with Crippen LogP contribution in [0.4, 0.5) is 10.1 Å². The zero-order valence-corrected chi connectivity index (χ0v) is 12.3. The third-order valence-electron chi connectivity index (χ3n) is 3.27. The third-order valence-corrected chi connectivity index (χ3v) is 3.87. The Kier molecular flexibility index (Phi) is 4.90. The zero-order valence-electron chi connectivity index (χ0n) is 10.7. The molecule has 0 radical (unpaired) electrons. The zero-order chi connectivity index (χ0) is 13.8. The lowest BCUT2D eigenvalue weighted by atomic mass is 10.2. The fourth-order valence-corrected chi connectivity index (χ4v) is 2.43. The molecule has 0 bridgehead atoms. The van der Waals surface area contributed by atoms with Crippen molar-refractivity contribution in [3.8, 4) is 0 Å². The Hall–Kier alpha value is -0.980. The summed E-state index contributed by atoms with van der Waals surface area (Å²) in [5.41, 5.74) is 0.597. The molecule has 0 aromatic heterocycles. The van der Waals surface area contributed by atoms with Crippen LogP contribution in [0.2, 0.25) is 0 Å². The first kappa shape index (κ1) is 14.4. The van der Waals surface area contributed by atoms with Crippen LogP contribution in [0, 0.1) is 5.82 Å². The van der Waals surface area contributed by atoms with Crippen molar-refractivity contribution in [3.05, 3.63) is 28.5 Å². The number of nitrogens with one attached hydrogen (secondary N) is 2. The Morgan fingerprint density at radius 1 is 1.47 bits per heavy atom. The van der Waals surface area contributed by atoms with Gasteiger partial charge in [-0.15, -0.1) is 0 Å². The number of carbonyl (C=O) groups is 1. The van der Waals surface area contributed by atoms with Gasteiger partial charge in [0.2, 0.25) is 5.91 Å². The Morgan fingerprint density at radius 2 is 2.16 bits per heavy atom. The van der Waals surface area contributed by atoms with Gasteiger partial charge in [0.25, 0.3) is 0 Å². The molecule has 2 rings (SSSR count). The molecule has 1 aromatic rings. The molecule has 19 heavy (non-hydrogen) atoms. The van der Waals surface area contributed by atoms with Gasteiger partial charge >= 0.3 is 0 Å². The molecule has 1 atom stereocenters. The van der Waals surface area contributed by atoms with Gasteiger partial charge in [-0.2, -0.15) is 0 Å². The lowest BCUT2D eigenvalue weighted by molar-refractivity contribution is -0.120. The van der Waals surface area contributed by atoms with Crippen molar-refractivity contribution in [2.45, 2.75) is 13.0 Å². The number of anilines is 1. The van der Waals surface area contributed by atoms with Crippen molar-refractivity contribution < 1.29 is 9.18 Å². The van der Waals surface area contributed by atoms with E-state index in [1.807, 2.05) is 6.92 Å². The molecule has 1 saturated heterocycles. The van der Waals surface area contributed by atoms with E-state index in [-0.39, 0.29) is 17.8 Å². The Balaban J connectivity index is 1.97. The van der Waals surface area contributed by atoms with E-state index >= 15 is 0 Å². The van der Waals surface area contributed by atoms with Gasteiger partial charge in [-0.1, -0.05) is 0 Å². The quantitative estimate of drug-likeness (QED) is 0.889. The van der Waals surface area contributed by atoms with Crippen LogP contribution in [-0.2, 0) is 4.79 Å². The van der Waals surface area contributed by atoms with Gasteiger partial charge < -0.3 is 10.6 Å². The summed E-state index contributed by atoms with van der Waals surface area (Å²) in [6, 6.07) is 4.26. The Labute approximate surface area is 120 Å². The minimum Gasteiger partial charge on any atom is -0.325 e. The van der Waals surface area contributed by atoms with E-state index in [1.165, 1.54) is 6.07 Å². The van der Waals surface area contributed by atoms with Gasteiger partial charge in [-0.25, -0.2) is 4.39 Å². The minimum atomic E-state index is -0.340. The molecule has 4 nitrogen and oxygen atoms in total. The van der Waals surface area contributed by atoms with Crippen LogP contribution >= 0.6 is 15.9 Å². The number of carbonyl (C=O) groups excluding carboxylic acids is 1. The summed E-state index contributed by atoms with van der Waals surface area (Å²) in [5.74, 6) is -0.409. The van der Waals surface area contributed by atoms with Crippen molar-refractivity contribution in [1.29, 1.82) is 0 Å². The molecule has 0 saturated carbocycles. The number of amides is 1. The first-order valence-electron chi connectivity index (χ1n) is 6.28. The fourth-order valence-electron chi connectivity index (χ4n) is 2.06. The minimum absolute atomic E-state index is 0.0691. The summed E-state index contributed by atoms with van der Waals surface area (Å²) in [4.78, 5) is 14.3. The average molecular weight is 330 g/mol. The normalized spacial score (nSPS) is 18.1. The summed E-state index contributed by atoms with van der Waals surface area (Å²) < 4.78 is 13.5.